The van der Waals surface area contributed by atoms with Crippen LogP contribution < -0.4 is 16.3 Å². The number of aryl methyl sites for hydroxylation is 4. The van der Waals surface area contributed by atoms with Crippen LogP contribution in [-0.2, 0) is 9.53 Å². The van der Waals surface area contributed by atoms with Crippen LogP contribution >= 0.6 is 0 Å². The molecule has 2 rings (SSSR count). The second-order valence-electron chi connectivity index (χ2n) is 6.08. The lowest BCUT2D eigenvalue weighted by Gasteiger charge is -2.11. The number of hydrogen-bond acceptors (Lipinski definition) is 6. The van der Waals surface area contributed by atoms with Crippen LogP contribution in [0, 0.1) is 27.7 Å². The molecule has 1 heterocycles. The first kappa shape index (κ1) is 19.9. The van der Waals surface area contributed by atoms with Gasteiger partial charge >= 0.3 is 17.6 Å². The molecule has 8 nitrogen and oxygen atoms in total. The lowest BCUT2D eigenvalue weighted by atomic mass is 10.1. The number of esters is 1. The standard InChI is InChI=1S/C19H20N2O6/c1-10-5-6-14(11(2)7-10)20-19(25)21-15(22)9-26-18(24)17-12(3)8-16(23)27-13(17)4/h5-8H,9H2,1-4H3,(H2,20,21,22,25). The van der Waals surface area contributed by atoms with Crippen LogP contribution in [0.3, 0.4) is 0 Å². The molecule has 0 bridgehead atoms. The predicted octanol–water partition coefficient (Wildman–Crippen LogP) is 2.38. The van der Waals surface area contributed by atoms with Gasteiger partial charge in [-0.2, -0.15) is 0 Å². The average Bonchev–Trinajstić information content (AvgIpc) is 2.54. The topological polar surface area (TPSA) is 115 Å². The van der Waals surface area contributed by atoms with Crippen LogP contribution in [0.1, 0.15) is 32.8 Å². The fourth-order valence-electron chi connectivity index (χ4n) is 2.54. The average molecular weight is 372 g/mol. The normalized spacial score (nSPS) is 10.2. The number of imide groups is 1. The molecule has 0 fully saturated rings. The van der Waals surface area contributed by atoms with Gasteiger partial charge in [0.1, 0.15) is 11.3 Å². The maximum Gasteiger partial charge on any atom is 0.342 e. The van der Waals surface area contributed by atoms with E-state index in [0.29, 0.717) is 11.3 Å². The zero-order valence-corrected chi connectivity index (χ0v) is 15.5. The van der Waals surface area contributed by atoms with Crippen molar-refractivity contribution in [1.29, 1.82) is 0 Å². The quantitative estimate of drug-likeness (QED) is 0.797. The molecule has 0 spiro atoms. The van der Waals surface area contributed by atoms with Crippen molar-refractivity contribution in [3.63, 3.8) is 0 Å². The van der Waals surface area contributed by atoms with E-state index >= 15 is 0 Å². The second kappa shape index (κ2) is 8.31. The molecule has 8 heteroatoms. The first-order chi connectivity index (χ1) is 12.7. The number of urea groups is 1. The van der Waals surface area contributed by atoms with E-state index in [9.17, 15) is 19.2 Å². The van der Waals surface area contributed by atoms with Gasteiger partial charge in [-0.15, -0.1) is 0 Å². The van der Waals surface area contributed by atoms with Gasteiger partial charge in [0, 0.05) is 11.8 Å². The van der Waals surface area contributed by atoms with E-state index in [4.69, 9.17) is 9.15 Å². The van der Waals surface area contributed by atoms with Crippen molar-refractivity contribution in [2.75, 3.05) is 11.9 Å². The molecule has 0 unspecified atom stereocenters. The number of ether oxygens (including phenoxy) is 1. The number of benzene rings is 1. The number of rotatable bonds is 4. The Kier molecular flexibility index (Phi) is 6.12. The Bertz CT molecular complexity index is 935. The van der Waals surface area contributed by atoms with Crippen molar-refractivity contribution in [2.45, 2.75) is 27.7 Å². The number of amides is 3. The van der Waals surface area contributed by atoms with Gasteiger partial charge in [0.15, 0.2) is 6.61 Å². The SMILES string of the molecule is Cc1ccc(NC(=O)NC(=O)COC(=O)c2c(C)cc(=O)oc2C)c(C)c1. The van der Waals surface area contributed by atoms with Gasteiger partial charge in [0.25, 0.3) is 5.91 Å². The molecule has 0 saturated heterocycles. The lowest BCUT2D eigenvalue weighted by molar-refractivity contribution is -0.123. The van der Waals surface area contributed by atoms with Crippen LogP contribution in [0.15, 0.2) is 33.5 Å². The minimum Gasteiger partial charge on any atom is -0.452 e. The van der Waals surface area contributed by atoms with Crippen molar-refractivity contribution in [3.8, 4) is 0 Å². The summed E-state index contributed by atoms with van der Waals surface area (Å²) in [6.07, 6.45) is 0. The monoisotopic (exact) mass is 372 g/mol. The Hall–Kier alpha value is -3.42. The molecule has 27 heavy (non-hydrogen) atoms. The number of carbonyl (C=O) groups excluding carboxylic acids is 3. The van der Waals surface area contributed by atoms with Crippen LogP contribution in [0.2, 0.25) is 0 Å². The third-order valence-corrected chi connectivity index (χ3v) is 3.76. The minimum atomic E-state index is -0.821. The van der Waals surface area contributed by atoms with Crippen LogP contribution in [-0.4, -0.2) is 24.5 Å². The van der Waals surface area contributed by atoms with Gasteiger partial charge in [-0.25, -0.2) is 14.4 Å². The smallest absolute Gasteiger partial charge is 0.342 e. The Balaban J connectivity index is 1.91. The van der Waals surface area contributed by atoms with Gasteiger partial charge in [-0.05, 0) is 44.9 Å². The van der Waals surface area contributed by atoms with E-state index in [1.165, 1.54) is 6.92 Å². The van der Waals surface area contributed by atoms with Crippen molar-refractivity contribution in [2.24, 2.45) is 0 Å². The molecule has 142 valence electrons. The van der Waals surface area contributed by atoms with Gasteiger partial charge in [0.05, 0.1) is 0 Å². The molecule has 1 aromatic heterocycles. The number of nitrogens with one attached hydrogen (secondary N) is 2. The van der Waals surface area contributed by atoms with E-state index in [1.807, 2.05) is 26.0 Å². The molecule has 0 aliphatic heterocycles. The van der Waals surface area contributed by atoms with Crippen molar-refractivity contribution >= 4 is 23.6 Å². The summed E-state index contributed by atoms with van der Waals surface area (Å²) in [5, 5.41) is 4.63. The van der Waals surface area contributed by atoms with Gasteiger partial charge < -0.3 is 14.5 Å². The van der Waals surface area contributed by atoms with Gasteiger partial charge in [0.2, 0.25) is 0 Å². The molecular weight excluding hydrogens is 352 g/mol. The maximum absolute atomic E-state index is 12.1. The minimum absolute atomic E-state index is 0.0714. The van der Waals surface area contributed by atoms with Crippen molar-refractivity contribution in [1.82, 2.24) is 5.32 Å². The molecule has 3 amide bonds. The highest BCUT2D eigenvalue weighted by Gasteiger charge is 2.18. The van der Waals surface area contributed by atoms with E-state index < -0.39 is 30.1 Å². The maximum atomic E-state index is 12.1. The number of hydrogen-bond donors (Lipinski definition) is 2. The highest BCUT2D eigenvalue weighted by molar-refractivity contribution is 6.02. The lowest BCUT2D eigenvalue weighted by Crippen LogP contribution is -2.37. The molecule has 2 N–H and O–H groups in total. The fourth-order valence-corrected chi connectivity index (χ4v) is 2.54. The van der Waals surface area contributed by atoms with E-state index in [0.717, 1.165) is 17.2 Å². The Labute approximate surface area is 155 Å². The van der Waals surface area contributed by atoms with Crippen LogP contribution in [0.25, 0.3) is 0 Å². The number of carbonyl (C=O) groups is 3. The molecule has 2 aromatic rings. The first-order valence-corrected chi connectivity index (χ1v) is 8.14. The largest absolute Gasteiger partial charge is 0.452 e. The highest BCUT2D eigenvalue weighted by atomic mass is 16.5. The third-order valence-electron chi connectivity index (χ3n) is 3.76. The van der Waals surface area contributed by atoms with Crippen molar-refractivity contribution < 1.29 is 23.5 Å². The predicted molar refractivity (Wildman–Crippen MR) is 97.8 cm³/mol. The molecule has 0 aliphatic rings. The summed E-state index contributed by atoms with van der Waals surface area (Å²) in [6, 6.07) is 5.86. The Morgan fingerprint density at radius 2 is 1.74 bits per heavy atom. The number of anilines is 1. The summed E-state index contributed by atoms with van der Waals surface area (Å²) >= 11 is 0. The van der Waals surface area contributed by atoms with E-state index in [-0.39, 0.29) is 11.3 Å². The van der Waals surface area contributed by atoms with Crippen molar-refractivity contribution in [3.05, 3.63) is 62.7 Å². The second-order valence-corrected chi connectivity index (χ2v) is 6.08. The van der Waals surface area contributed by atoms with Gasteiger partial charge in [-0.1, -0.05) is 17.7 Å². The molecule has 0 radical (unpaired) electrons. The molecular formula is C19H20N2O6. The zero-order chi connectivity index (χ0) is 20.1. The van der Waals surface area contributed by atoms with E-state index in [2.05, 4.69) is 10.6 Å². The summed E-state index contributed by atoms with van der Waals surface area (Å²) in [7, 11) is 0. The molecule has 0 aliphatic carbocycles. The summed E-state index contributed by atoms with van der Waals surface area (Å²) in [6.45, 7) is 6.10. The summed E-state index contributed by atoms with van der Waals surface area (Å²) in [5.74, 6) is -1.52. The zero-order valence-electron chi connectivity index (χ0n) is 15.5. The Morgan fingerprint density at radius 3 is 2.37 bits per heavy atom. The van der Waals surface area contributed by atoms with Crippen LogP contribution in [0.5, 0.6) is 0 Å². The molecule has 0 saturated carbocycles. The van der Waals surface area contributed by atoms with E-state index in [1.54, 1.807) is 13.0 Å². The summed E-state index contributed by atoms with van der Waals surface area (Å²) < 4.78 is 9.74. The first-order valence-electron chi connectivity index (χ1n) is 8.14. The molecule has 0 atom stereocenters. The third kappa shape index (κ3) is 5.27. The summed E-state index contributed by atoms with van der Waals surface area (Å²) in [5.41, 5.74) is 2.32. The van der Waals surface area contributed by atoms with Crippen LogP contribution in [0.4, 0.5) is 10.5 Å². The summed E-state index contributed by atoms with van der Waals surface area (Å²) in [4.78, 5) is 47.0. The van der Waals surface area contributed by atoms with Gasteiger partial charge in [-0.3, -0.25) is 10.1 Å². The fraction of sp³-hybridized carbons (Fsp3) is 0.263. The highest BCUT2D eigenvalue weighted by Crippen LogP contribution is 2.15. The molecule has 1 aromatic carbocycles. The Morgan fingerprint density at radius 1 is 1.04 bits per heavy atom.